The fourth-order valence-corrected chi connectivity index (χ4v) is 1.13. The summed E-state index contributed by atoms with van der Waals surface area (Å²) in [5.41, 5.74) is 0. The number of rotatable bonds is 4. The Morgan fingerprint density at radius 3 is 2.77 bits per heavy atom. The Morgan fingerprint density at radius 1 is 1.54 bits per heavy atom. The molecule has 0 fully saturated rings. The summed E-state index contributed by atoms with van der Waals surface area (Å²) in [4.78, 5) is 0. The molecule has 1 aromatic heterocycles. The minimum Gasteiger partial charge on any atom is -0.463 e. The molecule has 0 saturated heterocycles. The number of furan rings is 1. The molecule has 0 aliphatic carbocycles. The second-order valence-electron chi connectivity index (χ2n) is 3.49. The molecule has 0 radical (unpaired) electrons. The molecule has 2 nitrogen and oxygen atoms in total. The number of aliphatic hydroxyl groups is 1. The number of aliphatic hydroxyl groups excluding tert-OH is 1. The lowest BCUT2D eigenvalue weighted by molar-refractivity contribution is 0.101. The van der Waals surface area contributed by atoms with E-state index in [4.69, 9.17) is 4.42 Å². The maximum absolute atomic E-state index is 9.66. The summed E-state index contributed by atoms with van der Waals surface area (Å²) in [7, 11) is 0. The molecule has 0 bridgehead atoms. The molecule has 1 aromatic rings. The van der Waals surface area contributed by atoms with Gasteiger partial charge in [0.2, 0.25) is 0 Å². The van der Waals surface area contributed by atoms with Gasteiger partial charge in [0.1, 0.15) is 17.6 Å². The van der Waals surface area contributed by atoms with Crippen LogP contribution in [0.2, 0.25) is 0 Å². The molecule has 1 atom stereocenters. The van der Waals surface area contributed by atoms with Crippen LogP contribution in [0.15, 0.2) is 29.2 Å². The van der Waals surface area contributed by atoms with Crippen molar-refractivity contribution >= 4 is 0 Å². The maximum Gasteiger partial charge on any atom is 0.132 e. The first-order chi connectivity index (χ1) is 6.15. The smallest absolute Gasteiger partial charge is 0.132 e. The molecule has 13 heavy (non-hydrogen) atoms. The Bertz CT molecular complexity index is 273. The molecule has 2 heteroatoms. The van der Waals surface area contributed by atoms with Gasteiger partial charge in [0.05, 0.1) is 0 Å². The highest BCUT2D eigenvalue weighted by Gasteiger charge is 2.15. The topological polar surface area (TPSA) is 33.4 Å². The van der Waals surface area contributed by atoms with E-state index < -0.39 is 6.10 Å². The molecule has 0 unspecified atom stereocenters. The highest BCUT2D eigenvalue weighted by Crippen LogP contribution is 2.23. The third kappa shape index (κ3) is 2.46. The Balaban J connectivity index is 2.73. The van der Waals surface area contributed by atoms with Gasteiger partial charge in [0, 0.05) is 6.42 Å². The van der Waals surface area contributed by atoms with E-state index in [1.54, 1.807) is 6.08 Å². The quantitative estimate of drug-likeness (QED) is 0.723. The van der Waals surface area contributed by atoms with E-state index in [-0.39, 0.29) is 5.92 Å². The Kier molecular flexibility index (Phi) is 3.32. The third-order valence-corrected chi connectivity index (χ3v) is 1.95. The first kappa shape index (κ1) is 10.1. The number of hydrogen-bond acceptors (Lipinski definition) is 2. The number of allylic oxidation sites excluding steroid dienone is 1. The first-order valence-corrected chi connectivity index (χ1v) is 4.52. The van der Waals surface area contributed by atoms with Crippen molar-refractivity contribution in [2.24, 2.45) is 5.92 Å². The van der Waals surface area contributed by atoms with Crippen molar-refractivity contribution in [1.82, 2.24) is 0 Å². The summed E-state index contributed by atoms with van der Waals surface area (Å²) >= 11 is 0. The fraction of sp³-hybridized carbons (Fsp3) is 0.455. The average molecular weight is 180 g/mol. The van der Waals surface area contributed by atoms with Crippen LogP contribution in [0, 0.1) is 5.92 Å². The standard InChI is InChI=1S/C11H16O2/c1-4-5-9-6-7-10(13-9)11(12)8(2)3/h4,6-8,11-12H,1,5H2,2-3H3/t11-/m1/s1. The van der Waals surface area contributed by atoms with Crippen LogP contribution >= 0.6 is 0 Å². The molecule has 1 rings (SSSR count). The normalized spacial score (nSPS) is 13.2. The van der Waals surface area contributed by atoms with Crippen molar-refractivity contribution in [3.63, 3.8) is 0 Å². The van der Waals surface area contributed by atoms with Gasteiger partial charge < -0.3 is 9.52 Å². The molecule has 0 saturated carbocycles. The summed E-state index contributed by atoms with van der Waals surface area (Å²) in [6, 6.07) is 3.70. The van der Waals surface area contributed by atoms with Gasteiger partial charge >= 0.3 is 0 Å². The van der Waals surface area contributed by atoms with Crippen LogP contribution in [0.5, 0.6) is 0 Å². The van der Waals surface area contributed by atoms with Crippen LogP contribution in [0.1, 0.15) is 31.5 Å². The molecule has 0 amide bonds. The van der Waals surface area contributed by atoms with E-state index >= 15 is 0 Å². The lowest BCUT2D eigenvalue weighted by Crippen LogP contribution is -2.03. The van der Waals surface area contributed by atoms with Crippen LogP contribution in [-0.2, 0) is 6.42 Å². The largest absolute Gasteiger partial charge is 0.463 e. The molecular formula is C11H16O2. The second-order valence-corrected chi connectivity index (χ2v) is 3.49. The fourth-order valence-electron chi connectivity index (χ4n) is 1.13. The minimum atomic E-state index is -0.501. The molecule has 0 aromatic carbocycles. The highest BCUT2D eigenvalue weighted by atomic mass is 16.4. The zero-order valence-corrected chi connectivity index (χ0v) is 8.16. The lowest BCUT2D eigenvalue weighted by atomic mass is 10.1. The summed E-state index contributed by atoms with van der Waals surface area (Å²) in [5.74, 6) is 1.68. The molecule has 1 heterocycles. The first-order valence-electron chi connectivity index (χ1n) is 4.52. The molecule has 0 spiro atoms. The Morgan fingerprint density at radius 2 is 2.23 bits per heavy atom. The van der Waals surface area contributed by atoms with Crippen LogP contribution in [-0.4, -0.2) is 5.11 Å². The summed E-state index contributed by atoms with van der Waals surface area (Å²) in [5, 5.41) is 9.66. The third-order valence-electron chi connectivity index (χ3n) is 1.95. The maximum atomic E-state index is 9.66. The van der Waals surface area contributed by atoms with E-state index in [9.17, 15) is 5.11 Å². The van der Waals surface area contributed by atoms with E-state index in [1.165, 1.54) is 0 Å². The van der Waals surface area contributed by atoms with Crippen molar-refractivity contribution in [1.29, 1.82) is 0 Å². The molecule has 0 aliphatic rings. The van der Waals surface area contributed by atoms with E-state index in [0.29, 0.717) is 12.2 Å². The molecule has 1 N–H and O–H groups in total. The SMILES string of the molecule is C=CCc1ccc([C@H](O)C(C)C)o1. The minimum absolute atomic E-state index is 0.183. The van der Waals surface area contributed by atoms with Crippen LogP contribution in [0.4, 0.5) is 0 Å². The molecule has 0 aliphatic heterocycles. The molecule has 72 valence electrons. The van der Waals surface area contributed by atoms with Gasteiger partial charge in [0.25, 0.3) is 0 Å². The van der Waals surface area contributed by atoms with Gasteiger partial charge in [-0.1, -0.05) is 19.9 Å². The van der Waals surface area contributed by atoms with Crippen LogP contribution < -0.4 is 0 Å². The monoisotopic (exact) mass is 180 g/mol. The van der Waals surface area contributed by atoms with Crippen molar-refractivity contribution < 1.29 is 9.52 Å². The summed E-state index contributed by atoms with van der Waals surface area (Å²) < 4.78 is 5.43. The molecular weight excluding hydrogens is 164 g/mol. The van der Waals surface area contributed by atoms with Crippen molar-refractivity contribution in [2.75, 3.05) is 0 Å². The number of hydrogen-bond donors (Lipinski definition) is 1. The van der Waals surface area contributed by atoms with Gasteiger partial charge in [-0.05, 0) is 18.1 Å². The van der Waals surface area contributed by atoms with Gasteiger partial charge in [-0.2, -0.15) is 0 Å². The summed E-state index contributed by atoms with van der Waals surface area (Å²) in [6.45, 7) is 7.54. The van der Waals surface area contributed by atoms with Gasteiger partial charge in [-0.15, -0.1) is 6.58 Å². The van der Waals surface area contributed by atoms with Crippen molar-refractivity contribution in [3.8, 4) is 0 Å². The summed E-state index contributed by atoms with van der Waals surface area (Å²) in [6.07, 6.45) is 1.99. The van der Waals surface area contributed by atoms with E-state index in [0.717, 1.165) is 5.76 Å². The van der Waals surface area contributed by atoms with Gasteiger partial charge in [-0.3, -0.25) is 0 Å². The predicted octanol–water partition coefficient (Wildman–Crippen LogP) is 2.70. The van der Waals surface area contributed by atoms with E-state index in [1.807, 2.05) is 26.0 Å². The second kappa shape index (κ2) is 4.28. The Hall–Kier alpha value is -1.02. The zero-order chi connectivity index (χ0) is 9.84. The lowest BCUT2D eigenvalue weighted by Gasteiger charge is -2.10. The van der Waals surface area contributed by atoms with Gasteiger partial charge in [-0.25, -0.2) is 0 Å². The van der Waals surface area contributed by atoms with Crippen LogP contribution in [0.3, 0.4) is 0 Å². The Labute approximate surface area is 78.9 Å². The van der Waals surface area contributed by atoms with E-state index in [2.05, 4.69) is 6.58 Å². The average Bonchev–Trinajstić information content (AvgIpc) is 2.52. The predicted molar refractivity (Wildman–Crippen MR) is 52.4 cm³/mol. The van der Waals surface area contributed by atoms with Crippen molar-refractivity contribution in [3.05, 3.63) is 36.3 Å². The van der Waals surface area contributed by atoms with Gasteiger partial charge in [0.15, 0.2) is 0 Å². The van der Waals surface area contributed by atoms with Crippen LogP contribution in [0.25, 0.3) is 0 Å². The highest BCUT2D eigenvalue weighted by molar-refractivity contribution is 5.11. The zero-order valence-electron chi connectivity index (χ0n) is 8.16. The van der Waals surface area contributed by atoms with Crippen molar-refractivity contribution in [2.45, 2.75) is 26.4 Å².